The third-order valence-electron chi connectivity index (χ3n) is 2.59. The fourth-order valence-electron chi connectivity index (χ4n) is 1.51. The van der Waals surface area contributed by atoms with Gasteiger partial charge in [0.1, 0.15) is 0 Å². The van der Waals surface area contributed by atoms with Crippen molar-refractivity contribution in [3.8, 4) is 0 Å². The van der Waals surface area contributed by atoms with Crippen LogP contribution in [0.2, 0.25) is 0 Å². The van der Waals surface area contributed by atoms with Gasteiger partial charge in [0, 0.05) is 38.0 Å². The van der Waals surface area contributed by atoms with Crippen LogP contribution in [0.15, 0.2) is 29.4 Å². The Labute approximate surface area is 115 Å². The summed E-state index contributed by atoms with van der Waals surface area (Å²) in [6, 6.07) is 7.42. The average Bonchev–Trinajstić information content (AvgIpc) is 2.96. The summed E-state index contributed by atoms with van der Waals surface area (Å²) in [5.74, 6) is 0.320. The zero-order valence-electron chi connectivity index (χ0n) is 11.2. The van der Waals surface area contributed by atoms with Crippen LogP contribution in [0.25, 0.3) is 0 Å². The van der Waals surface area contributed by atoms with E-state index in [1.807, 2.05) is 31.1 Å². The summed E-state index contributed by atoms with van der Waals surface area (Å²) < 4.78 is 0. The van der Waals surface area contributed by atoms with Gasteiger partial charge in [0.05, 0.1) is 0 Å². The van der Waals surface area contributed by atoms with Gasteiger partial charge in [-0.3, -0.25) is 4.79 Å². The molecule has 1 heterocycles. The second kappa shape index (κ2) is 6.41. The van der Waals surface area contributed by atoms with E-state index in [1.54, 1.807) is 12.1 Å². The van der Waals surface area contributed by atoms with Crippen LogP contribution < -0.4 is 10.3 Å². The lowest BCUT2D eigenvalue weighted by atomic mass is 10.1. The van der Waals surface area contributed by atoms with Crippen molar-refractivity contribution in [3.05, 3.63) is 29.8 Å². The Morgan fingerprint density at radius 3 is 2.75 bits per heavy atom. The lowest BCUT2D eigenvalue weighted by Gasteiger charge is -2.12. The Balaban J connectivity index is 1.86. The molecule has 0 aliphatic heterocycles. The first-order chi connectivity index (χ1) is 9.66. The molecule has 0 amide bonds. The maximum absolute atomic E-state index is 11.9. The zero-order valence-corrected chi connectivity index (χ0v) is 11.2. The Kier molecular flexibility index (Phi) is 4.38. The second-order valence-electron chi connectivity index (χ2n) is 4.24. The number of hydrogen-bond acceptors (Lipinski definition) is 7. The number of H-pyrrole nitrogens is 1. The first kappa shape index (κ1) is 13.7. The largest absolute Gasteiger partial charge is 0.378 e. The van der Waals surface area contributed by atoms with Crippen LogP contribution in [0.4, 0.5) is 11.6 Å². The number of tetrazole rings is 1. The predicted molar refractivity (Wildman–Crippen MR) is 76.0 cm³/mol. The molecule has 0 unspecified atom stereocenters. The monoisotopic (exact) mass is 273 g/mol. The van der Waals surface area contributed by atoms with E-state index in [4.69, 9.17) is 0 Å². The molecule has 20 heavy (non-hydrogen) atoms. The number of ketones is 1. The number of aromatic amines is 1. The fraction of sp³-hybridized carbons (Fsp3) is 0.250. The van der Waals surface area contributed by atoms with E-state index in [-0.39, 0.29) is 12.2 Å². The second-order valence-corrected chi connectivity index (χ2v) is 4.24. The number of carbonyl (C=O) groups excluding carboxylic acids is 1. The average molecular weight is 273 g/mol. The molecule has 1 aromatic carbocycles. The number of rotatable bonds is 6. The number of hydrazone groups is 1. The summed E-state index contributed by atoms with van der Waals surface area (Å²) in [6.45, 7) is 0. The van der Waals surface area contributed by atoms with E-state index in [0.717, 1.165) is 5.69 Å². The number of Topliss-reactive ketones (excluding diaryl/α,β-unsaturated/α-hetero) is 1. The quantitative estimate of drug-likeness (QED) is 0.461. The minimum atomic E-state index is -0.00319. The summed E-state index contributed by atoms with van der Waals surface area (Å²) in [7, 11) is 3.90. The summed E-state index contributed by atoms with van der Waals surface area (Å²) in [6.07, 6.45) is 1.68. The molecule has 0 fully saturated rings. The van der Waals surface area contributed by atoms with Crippen LogP contribution in [0, 0.1) is 0 Å². The van der Waals surface area contributed by atoms with E-state index in [0.29, 0.717) is 11.5 Å². The van der Waals surface area contributed by atoms with E-state index >= 15 is 0 Å². The highest BCUT2D eigenvalue weighted by atomic mass is 16.1. The Hall–Kier alpha value is -2.77. The van der Waals surface area contributed by atoms with Crippen molar-refractivity contribution in [2.24, 2.45) is 5.10 Å². The number of carbonyl (C=O) groups is 1. The van der Waals surface area contributed by atoms with E-state index in [2.05, 4.69) is 31.2 Å². The van der Waals surface area contributed by atoms with E-state index in [9.17, 15) is 4.79 Å². The molecular weight excluding hydrogens is 258 g/mol. The van der Waals surface area contributed by atoms with Gasteiger partial charge in [0.25, 0.3) is 5.95 Å². The van der Waals surface area contributed by atoms with Gasteiger partial charge >= 0.3 is 0 Å². The SMILES string of the molecule is CN(C)c1ccc(C(=O)C/C=N/Nc2nnn[nH]2)cc1. The van der Waals surface area contributed by atoms with Gasteiger partial charge in [0.2, 0.25) is 0 Å². The standard InChI is InChI=1S/C12H15N7O/c1-19(2)10-5-3-9(4-6-10)11(20)7-8-13-14-12-15-17-18-16-12/h3-6,8H,7H2,1-2H3,(H2,14,15,16,17,18)/b13-8+. The van der Waals surface area contributed by atoms with Crippen LogP contribution in [-0.2, 0) is 0 Å². The van der Waals surface area contributed by atoms with Gasteiger partial charge in [0.15, 0.2) is 5.78 Å². The number of anilines is 2. The molecule has 104 valence electrons. The minimum Gasteiger partial charge on any atom is -0.378 e. The molecule has 0 atom stereocenters. The van der Waals surface area contributed by atoms with E-state index < -0.39 is 0 Å². The topological polar surface area (TPSA) is 99.2 Å². The summed E-state index contributed by atoms with van der Waals surface area (Å²) >= 11 is 0. The molecule has 8 heteroatoms. The van der Waals surface area contributed by atoms with Gasteiger partial charge in [-0.15, -0.1) is 0 Å². The van der Waals surface area contributed by atoms with E-state index in [1.165, 1.54) is 6.21 Å². The molecule has 0 aliphatic rings. The molecule has 2 aromatic rings. The summed E-state index contributed by atoms with van der Waals surface area (Å²) in [5, 5.41) is 16.7. The Morgan fingerprint density at radius 2 is 2.15 bits per heavy atom. The van der Waals surface area contributed by atoms with Crippen LogP contribution >= 0.6 is 0 Å². The van der Waals surface area contributed by atoms with Gasteiger partial charge in [-0.05, 0) is 34.7 Å². The number of nitrogens with zero attached hydrogens (tertiary/aromatic N) is 5. The number of nitrogens with one attached hydrogen (secondary N) is 2. The fourth-order valence-corrected chi connectivity index (χ4v) is 1.51. The molecule has 0 saturated heterocycles. The van der Waals surface area contributed by atoms with Gasteiger partial charge in [-0.1, -0.05) is 5.10 Å². The van der Waals surface area contributed by atoms with Crippen molar-refractivity contribution in [1.82, 2.24) is 20.6 Å². The van der Waals surface area contributed by atoms with Crippen molar-refractivity contribution in [2.45, 2.75) is 6.42 Å². The molecule has 0 aliphatic carbocycles. The molecule has 0 spiro atoms. The molecule has 2 N–H and O–H groups in total. The lowest BCUT2D eigenvalue weighted by molar-refractivity contribution is 0.100. The summed E-state index contributed by atoms with van der Waals surface area (Å²) in [4.78, 5) is 13.9. The van der Waals surface area contributed by atoms with Crippen molar-refractivity contribution in [1.29, 1.82) is 0 Å². The predicted octanol–water partition coefficient (Wildman–Crippen LogP) is 0.936. The van der Waals surface area contributed by atoms with Crippen molar-refractivity contribution in [2.75, 3.05) is 24.4 Å². The number of benzene rings is 1. The molecular formula is C12H15N7O. The molecule has 0 radical (unpaired) electrons. The molecule has 2 rings (SSSR count). The maximum atomic E-state index is 11.9. The van der Waals surface area contributed by atoms with Crippen LogP contribution in [0.3, 0.4) is 0 Å². The molecule has 0 bridgehead atoms. The summed E-state index contributed by atoms with van der Waals surface area (Å²) in [5.41, 5.74) is 4.28. The van der Waals surface area contributed by atoms with Crippen molar-refractivity contribution >= 4 is 23.6 Å². The van der Waals surface area contributed by atoms with Crippen LogP contribution in [0.1, 0.15) is 16.8 Å². The highest BCUT2D eigenvalue weighted by molar-refractivity contribution is 6.03. The third kappa shape index (κ3) is 3.61. The first-order valence-corrected chi connectivity index (χ1v) is 5.98. The van der Waals surface area contributed by atoms with Crippen LogP contribution in [0.5, 0.6) is 0 Å². The molecule has 8 nitrogen and oxygen atoms in total. The molecule has 0 saturated carbocycles. The number of hydrogen-bond donors (Lipinski definition) is 2. The lowest BCUT2D eigenvalue weighted by Crippen LogP contribution is -2.09. The zero-order chi connectivity index (χ0) is 14.4. The smallest absolute Gasteiger partial charge is 0.260 e. The van der Waals surface area contributed by atoms with Gasteiger partial charge in [-0.25, -0.2) is 10.5 Å². The third-order valence-corrected chi connectivity index (χ3v) is 2.59. The van der Waals surface area contributed by atoms with Crippen LogP contribution in [-0.4, -0.2) is 46.7 Å². The number of aromatic nitrogens is 4. The first-order valence-electron chi connectivity index (χ1n) is 5.98. The Morgan fingerprint density at radius 1 is 1.40 bits per heavy atom. The normalized spacial score (nSPS) is 10.7. The van der Waals surface area contributed by atoms with Gasteiger partial charge in [-0.2, -0.15) is 5.10 Å². The van der Waals surface area contributed by atoms with Gasteiger partial charge < -0.3 is 4.90 Å². The Bertz CT molecular complexity index is 574. The molecule has 1 aromatic heterocycles. The van der Waals surface area contributed by atoms with Crippen molar-refractivity contribution in [3.63, 3.8) is 0 Å². The highest BCUT2D eigenvalue weighted by Gasteiger charge is 2.04. The highest BCUT2D eigenvalue weighted by Crippen LogP contribution is 2.13. The van der Waals surface area contributed by atoms with Crippen molar-refractivity contribution < 1.29 is 4.79 Å². The maximum Gasteiger partial charge on any atom is 0.260 e. The minimum absolute atomic E-state index is 0.00319.